The summed E-state index contributed by atoms with van der Waals surface area (Å²) in [4.78, 5) is 20.1. The van der Waals surface area contributed by atoms with Crippen LogP contribution in [0, 0.1) is 12.8 Å². The number of amides is 1. The Morgan fingerprint density at radius 3 is 2.78 bits per heavy atom. The molecule has 2 aromatic heterocycles. The molecule has 8 heteroatoms. The molecule has 0 spiro atoms. The SMILES string of the molecule is Cc1ccc(OCCCC(C)(C)O)cc1-c1ccnc(NC(=O)c2nnc(CCC3CCCC3)[nH]2)c1. The van der Waals surface area contributed by atoms with E-state index in [-0.39, 0.29) is 11.7 Å². The third-order valence-electron chi connectivity index (χ3n) is 6.74. The molecule has 1 aliphatic rings. The Morgan fingerprint density at radius 1 is 1.19 bits per heavy atom. The van der Waals surface area contributed by atoms with Crippen molar-refractivity contribution in [2.24, 2.45) is 5.92 Å². The van der Waals surface area contributed by atoms with Crippen LogP contribution in [0.4, 0.5) is 5.82 Å². The fraction of sp³-hybridized carbons (Fsp3) is 0.500. The summed E-state index contributed by atoms with van der Waals surface area (Å²) in [6.45, 7) is 6.17. The zero-order valence-corrected chi connectivity index (χ0v) is 21.5. The Balaban J connectivity index is 1.37. The van der Waals surface area contributed by atoms with E-state index in [1.807, 2.05) is 37.3 Å². The summed E-state index contributed by atoms with van der Waals surface area (Å²) in [6.07, 6.45) is 10.2. The van der Waals surface area contributed by atoms with Crippen LogP contribution in [0.2, 0.25) is 0 Å². The van der Waals surface area contributed by atoms with E-state index in [0.717, 1.165) is 53.4 Å². The van der Waals surface area contributed by atoms with E-state index in [4.69, 9.17) is 4.74 Å². The normalized spacial score (nSPS) is 14.2. The smallest absolute Gasteiger partial charge is 0.294 e. The van der Waals surface area contributed by atoms with Crippen LogP contribution in [0.25, 0.3) is 11.1 Å². The first kappa shape index (κ1) is 25.8. The number of hydrogen-bond donors (Lipinski definition) is 3. The van der Waals surface area contributed by atoms with Crippen LogP contribution in [0.5, 0.6) is 5.75 Å². The van der Waals surface area contributed by atoms with E-state index in [1.165, 1.54) is 25.7 Å². The number of aromatic amines is 1. The number of aromatic nitrogens is 4. The quantitative estimate of drug-likeness (QED) is 0.306. The largest absolute Gasteiger partial charge is 0.494 e. The van der Waals surface area contributed by atoms with Crippen LogP contribution >= 0.6 is 0 Å². The first-order valence-corrected chi connectivity index (χ1v) is 12.9. The number of aliphatic hydroxyl groups is 1. The number of carbonyl (C=O) groups excluding carboxylic acids is 1. The van der Waals surface area contributed by atoms with Gasteiger partial charge in [0.2, 0.25) is 5.82 Å². The second-order valence-corrected chi connectivity index (χ2v) is 10.4. The summed E-state index contributed by atoms with van der Waals surface area (Å²) in [5.74, 6) is 2.56. The lowest BCUT2D eigenvalue weighted by Crippen LogP contribution is -2.19. The Kier molecular flexibility index (Phi) is 8.36. The van der Waals surface area contributed by atoms with Crippen LogP contribution < -0.4 is 10.1 Å². The van der Waals surface area contributed by atoms with Crippen LogP contribution in [0.3, 0.4) is 0 Å². The van der Waals surface area contributed by atoms with Crippen molar-refractivity contribution in [1.29, 1.82) is 0 Å². The highest BCUT2D eigenvalue weighted by atomic mass is 16.5. The summed E-state index contributed by atoms with van der Waals surface area (Å²) < 4.78 is 5.91. The van der Waals surface area contributed by atoms with Crippen molar-refractivity contribution in [3.8, 4) is 16.9 Å². The molecule has 3 aromatic rings. The van der Waals surface area contributed by atoms with E-state index < -0.39 is 5.60 Å². The minimum atomic E-state index is -0.692. The Bertz CT molecular complexity index is 1160. The molecule has 0 aliphatic heterocycles. The van der Waals surface area contributed by atoms with E-state index >= 15 is 0 Å². The Morgan fingerprint density at radius 2 is 2.00 bits per heavy atom. The molecule has 2 heterocycles. The Labute approximate surface area is 212 Å². The first-order chi connectivity index (χ1) is 17.3. The minimum absolute atomic E-state index is 0.196. The highest BCUT2D eigenvalue weighted by Crippen LogP contribution is 2.30. The van der Waals surface area contributed by atoms with Gasteiger partial charge in [0.1, 0.15) is 17.4 Å². The number of benzene rings is 1. The number of ether oxygens (including phenoxy) is 1. The molecular formula is C28H37N5O3. The van der Waals surface area contributed by atoms with Crippen LogP contribution in [0.15, 0.2) is 36.5 Å². The number of pyridine rings is 1. The second-order valence-electron chi connectivity index (χ2n) is 10.4. The molecule has 8 nitrogen and oxygen atoms in total. The number of nitrogens with zero attached hydrogens (tertiary/aromatic N) is 3. The highest BCUT2D eigenvalue weighted by molar-refractivity contribution is 6.01. The molecule has 1 saturated carbocycles. The van der Waals surface area contributed by atoms with Crippen LogP contribution in [-0.2, 0) is 6.42 Å². The van der Waals surface area contributed by atoms with Gasteiger partial charge in [-0.2, -0.15) is 0 Å². The van der Waals surface area contributed by atoms with Gasteiger partial charge in [-0.05, 0) is 86.9 Å². The molecule has 36 heavy (non-hydrogen) atoms. The van der Waals surface area contributed by atoms with Crippen LogP contribution in [-0.4, -0.2) is 43.4 Å². The van der Waals surface area contributed by atoms with Gasteiger partial charge >= 0.3 is 0 Å². The van der Waals surface area contributed by atoms with Crippen molar-refractivity contribution in [3.63, 3.8) is 0 Å². The van der Waals surface area contributed by atoms with Crippen molar-refractivity contribution < 1.29 is 14.6 Å². The standard InChI is InChI=1S/C28H37N5O3/c1-19-9-11-22(36-16-6-14-28(2,3)35)18-23(19)21-13-15-29-25(17-21)31-27(34)26-30-24(32-33-26)12-10-20-7-4-5-8-20/h9,11,13,15,17-18,20,35H,4-8,10,12,14,16H2,1-3H3,(H,29,31,34)(H,30,32,33). The first-order valence-electron chi connectivity index (χ1n) is 12.9. The Hall–Kier alpha value is -3.26. The molecule has 0 saturated heterocycles. The van der Waals surface area contributed by atoms with Gasteiger partial charge in [-0.25, -0.2) is 4.98 Å². The average molecular weight is 492 g/mol. The topological polar surface area (TPSA) is 113 Å². The lowest BCUT2D eigenvalue weighted by molar-refractivity contribution is 0.0641. The van der Waals surface area contributed by atoms with Crippen molar-refractivity contribution >= 4 is 11.7 Å². The minimum Gasteiger partial charge on any atom is -0.494 e. The number of nitrogens with one attached hydrogen (secondary N) is 2. The van der Waals surface area contributed by atoms with Gasteiger partial charge in [0.15, 0.2) is 0 Å². The van der Waals surface area contributed by atoms with Gasteiger partial charge in [-0.1, -0.05) is 31.7 Å². The van der Waals surface area contributed by atoms with Crippen molar-refractivity contribution in [2.45, 2.75) is 77.7 Å². The molecule has 1 aliphatic carbocycles. The molecule has 1 aromatic carbocycles. The molecule has 0 atom stereocenters. The van der Waals surface area contributed by atoms with Crippen molar-refractivity contribution in [2.75, 3.05) is 11.9 Å². The van der Waals surface area contributed by atoms with Gasteiger partial charge < -0.3 is 20.1 Å². The fourth-order valence-corrected chi connectivity index (χ4v) is 4.69. The van der Waals surface area contributed by atoms with Gasteiger partial charge in [0.25, 0.3) is 5.91 Å². The monoisotopic (exact) mass is 491 g/mol. The van der Waals surface area contributed by atoms with E-state index in [0.29, 0.717) is 18.8 Å². The lowest BCUT2D eigenvalue weighted by Gasteiger charge is -2.17. The van der Waals surface area contributed by atoms with Gasteiger partial charge in [0, 0.05) is 12.6 Å². The number of aryl methyl sites for hydroxylation is 2. The summed E-state index contributed by atoms with van der Waals surface area (Å²) in [6, 6.07) is 9.71. The van der Waals surface area contributed by atoms with E-state index in [2.05, 4.69) is 25.5 Å². The lowest BCUT2D eigenvalue weighted by atomic mass is 10.0. The number of carbonyl (C=O) groups is 1. The maximum atomic E-state index is 12.8. The summed E-state index contributed by atoms with van der Waals surface area (Å²) >= 11 is 0. The maximum Gasteiger partial charge on any atom is 0.294 e. The molecule has 1 fully saturated rings. The molecule has 3 N–H and O–H groups in total. The van der Waals surface area contributed by atoms with E-state index in [9.17, 15) is 9.90 Å². The van der Waals surface area contributed by atoms with Gasteiger partial charge in [-0.3, -0.25) is 4.79 Å². The average Bonchev–Trinajstić information content (AvgIpc) is 3.53. The third kappa shape index (κ3) is 7.37. The zero-order chi connectivity index (χ0) is 25.5. The number of rotatable bonds is 11. The van der Waals surface area contributed by atoms with Crippen molar-refractivity contribution in [3.05, 3.63) is 53.7 Å². The maximum absolute atomic E-state index is 12.8. The molecular weight excluding hydrogens is 454 g/mol. The third-order valence-corrected chi connectivity index (χ3v) is 6.74. The number of H-pyrrole nitrogens is 1. The molecule has 0 bridgehead atoms. The molecule has 4 rings (SSSR count). The van der Waals surface area contributed by atoms with Gasteiger partial charge in [-0.15, -0.1) is 10.2 Å². The summed E-state index contributed by atoms with van der Waals surface area (Å²) in [5, 5.41) is 20.9. The molecule has 0 unspecified atom stereocenters. The number of hydrogen-bond acceptors (Lipinski definition) is 6. The van der Waals surface area contributed by atoms with Crippen LogP contribution in [0.1, 0.15) is 80.8 Å². The van der Waals surface area contributed by atoms with Gasteiger partial charge in [0.05, 0.1) is 12.2 Å². The fourth-order valence-electron chi connectivity index (χ4n) is 4.69. The van der Waals surface area contributed by atoms with E-state index in [1.54, 1.807) is 20.0 Å². The van der Waals surface area contributed by atoms with Crippen molar-refractivity contribution in [1.82, 2.24) is 20.2 Å². The summed E-state index contributed by atoms with van der Waals surface area (Å²) in [5.41, 5.74) is 2.32. The predicted octanol–water partition coefficient (Wildman–Crippen LogP) is 5.48. The number of anilines is 1. The zero-order valence-electron chi connectivity index (χ0n) is 21.5. The summed E-state index contributed by atoms with van der Waals surface area (Å²) in [7, 11) is 0. The second kappa shape index (κ2) is 11.6. The molecule has 1 amide bonds. The molecule has 0 radical (unpaired) electrons. The highest BCUT2D eigenvalue weighted by Gasteiger charge is 2.18. The molecule has 192 valence electrons. The predicted molar refractivity (Wildman–Crippen MR) is 140 cm³/mol.